The summed E-state index contributed by atoms with van der Waals surface area (Å²) in [6.45, 7) is 0. The Balaban J connectivity index is -0.0000000383. The van der Waals surface area contributed by atoms with Gasteiger partial charge in [0.15, 0.2) is 0 Å². The number of hydrogen-bond donors (Lipinski definition) is 2. The fourth-order valence-corrected chi connectivity index (χ4v) is 0. The number of rotatable bonds is 0. The SMILES string of the molecule is O.O=C([O-])[O-].O=S(=O)(O)O.[Ca+2]. The minimum atomic E-state index is -4.67. The summed E-state index contributed by atoms with van der Waals surface area (Å²) in [5.74, 6) is 0. The predicted octanol–water partition coefficient (Wildman–Crippen LogP) is -4.31. The average molecular weight is 216 g/mol. The van der Waals surface area contributed by atoms with Gasteiger partial charge in [-0.3, -0.25) is 9.11 Å². The van der Waals surface area contributed by atoms with Crippen molar-refractivity contribution >= 4 is 54.3 Å². The van der Waals surface area contributed by atoms with Crippen LogP contribution in [0.25, 0.3) is 0 Å². The molecule has 0 aliphatic heterocycles. The molecule has 0 aliphatic carbocycles. The Morgan fingerprint density at radius 1 is 1.18 bits per heavy atom. The molecule has 0 aromatic rings. The van der Waals surface area contributed by atoms with E-state index in [1.165, 1.54) is 0 Å². The first-order chi connectivity index (χ1) is 3.73. The molecule has 0 heterocycles. The van der Waals surface area contributed by atoms with Crippen LogP contribution in [-0.2, 0) is 10.4 Å². The monoisotopic (exact) mass is 216 g/mol. The van der Waals surface area contributed by atoms with Gasteiger partial charge in [0, 0.05) is 0 Å². The Morgan fingerprint density at radius 3 is 1.18 bits per heavy atom. The number of carbonyl (C=O) groups excluding carboxylic acids is 1. The molecule has 0 saturated carbocycles. The molecule has 8 nitrogen and oxygen atoms in total. The Kier molecular flexibility index (Phi) is 21.2. The van der Waals surface area contributed by atoms with Gasteiger partial charge in [-0.05, 0) is 6.16 Å². The van der Waals surface area contributed by atoms with Crippen molar-refractivity contribution in [1.29, 1.82) is 0 Å². The molecule has 0 fully saturated rings. The normalized spacial score (nSPS) is 7.45. The summed E-state index contributed by atoms with van der Waals surface area (Å²) < 4.78 is 31.6. The van der Waals surface area contributed by atoms with Crippen LogP contribution in [0.3, 0.4) is 0 Å². The first-order valence-electron chi connectivity index (χ1n) is 1.31. The summed E-state index contributed by atoms with van der Waals surface area (Å²) in [4.78, 5) is 8.33. The van der Waals surface area contributed by atoms with E-state index in [9.17, 15) is 0 Å². The van der Waals surface area contributed by atoms with E-state index in [0.717, 1.165) is 0 Å². The van der Waals surface area contributed by atoms with E-state index in [2.05, 4.69) is 0 Å². The van der Waals surface area contributed by atoms with E-state index < -0.39 is 16.6 Å². The molecule has 0 bridgehead atoms. The van der Waals surface area contributed by atoms with Crippen LogP contribution >= 0.6 is 0 Å². The van der Waals surface area contributed by atoms with Gasteiger partial charge in [-0.2, -0.15) is 8.42 Å². The fourth-order valence-electron chi connectivity index (χ4n) is 0. The summed E-state index contributed by atoms with van der Waals surface area (Å²) >= 11 is 0. The summed E-state index contributed by atoms with van der Waals surface area (Å²) in [6, 6.07) is 0. The third kappa shape index (κ3) is 5590. The Hall–Kier alpha value is 0.360. The maximum atomic E-state index is 8.74. The standard InChI is InChI=1S/CH2O3.Ca.H2O4S.H2O/c2-1(3)4;;1-5(2,3)4;/h(H2,2,3,4);;(H2,1,2,3,4);1H2/q;+2;;/p-2. The van der Waals surface area contributed by atoms with Crippen LogP contribution in [0.15, 0.2) is 0 Å². The molecule has 0 amide bonds. The largest absolute Gasteiger partial charge is 2.00 e. The van der Waals surface area contributed by atoms with Gasteiger partial charge in [-0.1, -0.05) is 0 Å². The first kappa shape index (κ1) is 22.5. The van der Waals surface area contributed by atoms with E-state index in [1.54, 1.807) is 0 Å². The molecule has 0 aromatic heterocycles. The van der Waals surface area contributed by atoms with Crippen molar-refractivity contribution in [3.63, 3.8) is 0 Å². The fraction of sp³-hybridized carbons (Fsp3) is 0. The van der Waals surface area contributed by atoms with Crippen molar-refractivity contribution in [2.45, 2.75) is 0 Å². The number of hydrogen-bond acceptors (Lipinski definition) is 5. The van der Waals surface area contributed by atoms with Crippen LogP contribution in [0.4, 0.5) is 4.79 Å². The predicted molar refractivity (Wildman–Crippen MR) is 28.9 cm³/mol. The van der Waals surface area contributed by atoms with E-state index in [-0.39, 0.29) is 43.2 Å². The van der Waals surface area contributed by atoms with E-state index in [4.69, 9.17) is 32.5 Å². The minimum Gasteiger partial charge on any atom is -0.652 e. The molecule has 64 valence electrons. The molecule has 0 atom stereocenters. The van der Waals surface area contributed by atoms with Gasteiger partial charge >= 0.3 is 48.1 Å². The second-order valence-corrected chi connectivity index (χ2v) is 1.59. The Bertz CT molecular complexity index is 157. The molecule has 10 heteroatoms. The summed E-state index contributed by atoms with van der Waals surface area (Å²) in [5.41, 5.74) is 0. The van der Waals surface area contributed by atoms with Gasteiger partial charge in [0.25, 0.3) is 0 Å². The van der Waals surface area contributed by atoms with Crippen molar-refractivity contribution in [2.75, 3.05) is 0 Å². The number of carboxylic acid groups (broad SMARTS) is 2. The third-order valence-electron chi connectivity index (χ3n) is 0. The molecule has 4 N–H and O–H groups in total. The van der Waals surface area contributed by atoms with Crippen molar-refractivity contribution in [2.24, 2.45) is 0 Å². The van der Waals surface area contributed by atoms with Crippen molar-refractivity contribution in [3.05, 3.63) is 0 Å². The van der Waals surface area contributed by atoms with Gasteiger partial charge in [-0.25, -0.2) is 0 Å². The molecule has 0 spiro atoms. The maximum absolute atomic E-state index is 8.74. The second-order valence-electron chi connectivity index (χ2n) is 0.698. The minimum absolute atomic E-state index is 0. The van der Waals surface area contributed by atoms with Gasteiger partial charge in [0.05, 0.1) is 0 Å². The van der Waals surface area contributed by atoms with Crippen LogP contribution in [0, 0.1) is 0 Å². The van der Waals surface area contributed by atoms with Crippen LogP contribution in [0.2, 0.25) is 0 Å². The van der Waals surface area contributed by atoms with E-state index in [1.807, 2.05) is 0 Å². The van der Waals surface area contributed by atoms with E-state index in [0.29, 0.717) is 0 Å². The smallest absolute Gasteiger partial charge is 0.652 e. The van der Waals surface area contributed by atoms with Crippen molar-refractivity contribution in [1.82, 2.24) is 0 Å². The van der Waals surface area contributed by atoms with Crippen LogP contribution in [-0.4, -0.2) is 66.9 Å². The topological polar surface area (TPSA) is 169 Å². The van der Waals surface area contributed by atoms with E-state index >= 15 is 0 Å². The molecular formula is CH4CaO8S. The van der Waals surface area contributed by atoms with Crippen molar-refractivity contribution < 1.29 is 38.0 Å². The zero-order chi connectivity index (χ0) is 8.08. The number of carbonyl (C=O) groups is 1. The van der Waals surface area contributed by atoms with Gasteiger partial charge in [0.2, 0.25) is 0 Å². The molecule has 0 aliphatic rings. The summed E-state index contributed by atoms with van der Waals surface area (Å²) in [7, 11) is -4.67. The van der Waals surface area contributed by atoms with Crippen LogP contribution in [0.5, 0.6) is 0 Å². The van der Waals surface area contributed by atoms with Gasteiger partial charge in [0.1, 0.15) is 0 Å². The molecule has 11 heavy (non-hydrogen) atoms. The summed E-state index contributed by atoms with van der Waals surface area (Å²) in [5, 5.41) is 16.7. The van der Waals surface area contributed by atoms with Crippen LogP contribution in [0.1, 0.15) is 0 Å². The maximum Gasteiger partial charge on any atom is 2.00 e. The second kappa shape index (κ2) is 10.4. The Morgan fingerprint density at radius 2 is 1.18 bits per heavy atom. The average Bonchev–Trinajstić information content (AvgIpc) is 1.19. The first-order valence-corrected chi connectivity index (χ1v) is 2.71. The molecule has 0 rings (SSSR count). The molecule has 0 aromatic carbocycles. The Labute approximate surface area is 91.7 Å². The molecule has 0 unspecified atom stereocenters. The summed E-state index contributed by atoms with van der Waals surface area (Å²) in [6.07, 6.45) is -2.33. The molecule has 0 saturated heterocycles. The quantitative estimate of drug-likeness (QED) is 0.304. The van der Waals surface area contributed by atoms with Crippen LogP contribution < -0.4 is 10.2 Å². The molecular weight excluding hydrogens is 212 g/mol. The zero-order valence-electron chi connectivity index (χ0n) is 5.05. The third-order valence-corrected chi connectivity index (χ3v) is 0. The van der Waals surface area contributed by atoms with Gasteiger partial charge in [-0.15, -0.1) is 0 Å². The zero-order valence-corrected chi connectivity index (χ0v) is 8.08. The van der Waals surface area contributed by atoms with Gasteiger partial charge < -0.3 is 20.5 Å². The molecule has 0 radical (unpaired) electrons. The van der Waals surface area contributed by atoms with Crippen molar-refractivity contribution in [3.8, 4) is 0 Å².